The number of carbonyl (C=O) groups is 1. The van der Waals surface area contributed by atoms with Crippen LogP contribution in [0.4, 0.5) is 5.69 Å². The van der Waals surface area contributed by atoms with Crippen LogP contribution in [0.25, 0.3) is 11.1 Å². The summed E-state index contributed by atoms with van der Waals surface area (Å²) in [6.07, 6.45) is 1.30. The van der Waals surface area contributed by atoms with Crippen molar-refractivity contribution in [1.82, 2.24) is 4.98 Å². The quantitative estimate of drug-likeness (QED) is 0.854. The van der Waals surface area contributed by atoms with Gasteiger partial charge >= 0.3 is 11.7 Å². The summed E-state index contributed by atoms with van der Waals surface area (Å²) in [6.45, 7) is 1.43. The molecule has 1 saturated heterocycles. The van der Waals surface area contributed by atoms with E-state index in [1.165, 1.54) is 0 Å². The molecular formula is C13H14N2O4. The first-order valence-electron chi connectivity index (χ1n) is 6.24. The fourth-order valence-electron chi connectivity index (χ4n) is 2.52. The van der Waals surface area contributed by atoms with Crippen molar-refractivity contribution in [3.63, 3.8) is 0 Å². The molecule has 0 aliphatic carbocycles. The van der Waals surface area contributed by atoms with Gasteiger partial charge in [0.1, 0.15) is 0 Å². The van der Waals surface area contributed by atoms with Gasteiger partial charge in [0, 0.05) is 18.8 Å². The molecule has 1 aromatic heterocycles. The Kier molecular flexibility index (Phi) is 2.77. The van der Waals surface area contributed by atoms with Crippen LogP contribution in [-0.4, -0.2) is 29.1 Å². The number of rotatable bonds is 2. The lowest BCUT2D eigenvalue weighted by Gasteiger charge is -2.31. The minimum Gasteiger partial charge on any atom is -0.481 e. The van der Waals surface area contributed by atoms with Crippen molar-refractivity contribution in [2.45, 2.75) is 12.8 Å². The van der Waals surface area contributed by atoms with E-state index in [9.17, 15) is 9.59 Å². The number of carboxylic acids is 1. The zero-order valence-corrected chi connectivity index (χ0v) is 10.3. The van der Waals surface area contributed by atoms with Gasteiger partial charge in [0.2, 0.25) is 0 Å². The Morgan fingerprint density at radius 2 is 2.11 bits per heavy atom. The molecule has 1 fully saturated rings. The first kappa shape index (κ1) is 11.8. The zero-order valence-electron chi connectivity index (χ0n) is 10.3. The third-order valence-electron chi connectivity index (χ3n) is 3.61. The number of oxazole rings is 1. The summed E-state index contributed by atoms with van der Waals surface area (Å²) in [5.74, 6) is -1.42. The number of aliphatic carboxylic acids is 1. The van der Waals surface area contributed by atoms with E-state index in [1.54, 1.807) is 6.07 Å². The molecule has 3 rings (SSSR count). The molecular weight excluding hydrogens is 248 g/mol. The van der Waals surface area contributed by atoms with E-state index in [2.05, 4.69) is 9.88 Å². The van der Waals surface area contributed by atoms with Crippen LogP contribution >= 0.6 is 0 Å². The number of benzene rings is 1. The molecule has 1 aliphatic rings. The number of hydrogen-bond acceptors (Lipinski definition) is 4. The van der Waals surface area contributed by atoms with Crippen LogP contribution in [0.5, 0.6) is 0 Å². The normalized spacial score (nSPS) is 16.9. The summed E-state index contributed by atoms with van der Waals surface area (Å²) >= 11 is 0. The van der Waals surface area contributed by atoms with E-state index in [0.717, 1.165) is 5.69 Å². The summed E-state index contributed by atoms with van der Waals surface area (Å²) in [5.41, 5.74) is 2.19. The topological polar surface area (TPSA) is 86.5 Å². The van der Waals surface area contributed by atoms with E-state index in [4.69, 9.17) is 9.52 Å². The van der Waals surface area contributed by atoms with Crippen LogP contribution in [0, 0.1) is 5.92 Å². The molecule has 100 valence electrons. The number of hydrogen-bond donors (Lipinski definition) is 2. The molecule has 6 heteroatoms. The zero-order chi connectivity index (χ0) is 13.4. The molecule has 0 unspecified atom stereocenters. The van der Waals surface area contributed by atoms with Gasteiger partial charge in [0.25, 0.3) is 0 Å². The molecule has 0 radical (unpaired) electrons. The van der Waals surface area contributed by atoms with Crippen LogP contribution in [-0.2, 0) is 4.79 Å². The summed E-state index contributed by atoms with van der Waals surface area (Å²) in [4.78, 5) is 26.7. The van der Waals surface area contributed by atoms with Crippen molar-refractivity contribution in [3.8, 4) is 0 Å². The third kappa shape index (κ3) is 2.21. The minimum atomic E-state index is -0.714. The van der Waals surface area contributed by atoms with Gasteiger partial charge in [-0.25, -0.2) is 4.79 Å². The molecule has 0 atom stereocenters. The Morgan fingerprint density at radius 1 is 1.37 bits per heavy atom. The van der Waals surface area contributed by atoms with Gasteiger partial charge in [0.15, 0.2) is 5.58 Å². The Balaban J connectivity index is 1.81. The number of aromatic nitrogens is 1. The second-order valence-corrected chi connectivity index (χ2v) is 4.79. The molecule has 0 saturated carbocycles. The maximum atomic E-state index is 11.1. The van der Waals surface area contributed by atoms with E-state index >= 15 is 0 Å². The fraction of sp³-hybridized carbons (Fsp3) is 0.385. The first-order chi connectivity index (χ1) is 9.13. The van der Waals surface area contributed by atoms with E-state index in [1.807, 2.05) is 12.1 Å². The Bertz CT molecular complexity index is 665. The third-order valence-corrected chi connectivity index (χ3v) is 3.61. The number of piperidine rings is 1. The second kappa shape index (κ2) is 4.46. The molecule has 6 nitrogen and oxygen atoms in total. The molecule has 2 aromatic rings. The second-order valence-electron chi connectivity index (χ2n) is 4.79. The molecule has 2 N–H and O–H groups in total. The van der Waals surface area contributed by atoms with Crippen LogP contribution in [0.2, 0.25) is 0 Å². The monoisotopic (exact) mass is 262 g/mol. The number of nitrogens with one attached hydrogen (secondary N) is 1. The van der Waals surface area contributed by atoms with Crippen LogP contribution < -0.4 is 10.7 Å². The number of aromatic amines is 1. The van der Waals surface area contributed by atoms with Crippen molar-refractivity contribution in [1.29, 1.82) is 0 Å². The van der Waals surface area contributed by atoms with Crippen LogP contribution in [0.3, 0.4) is 0 Å². The van der Waals surface area contributed by atoms with Gasteiger partial charge < -0.3 is 14.4 Å². The first-order valence-corrected chi connectivity index (χ1v) is 6.24. The highest BCUT2D eigenvalue weighted by Gasteiger charge is 2.24. The van der Waals surface area contributed by atoms with Gasteiger partial charge in [-0.2, -0.15) is 0 Å². The number of H-pyrrole nitrogens is 1. The highest BCUT2D eigenvalue weighted by Crippen LogP contribution is 2.25. The summed E-state index contributed by atoms with van der Waals surface area (Å²) in [5, 5.41) is 8.97. The molecule has 0 amide bonds. The van der Waals surface area contributed by atoms with Gasteiger partial charge in [-0.1, -0.05) is 0 Å². The van der Waals surface area contributed by atoms with Crippen molar-refractivity contribution in [2.75, 3.05) is 18.0 Å². The standard InChI is InChI=1S/C13H14N2O4/c16-12(17)8-3-5-15(6-4-8)9-1-2-11-10(7-9)14-13(18)19-11/h1-2,7-8H,3-6H2,(H,14,18)(H,16,17). The van der Waals surface area contributed by atoms with Gasteiger partial charge in [0.05, 0.1) is 11.4 Å². The van der Waals surface area contributed by atoms with Gasteiger partial charge in [-0.15, -0.1) is 0 Å². The fourth-order valence-corrected chi connectivity index (χ4v) is 2.52. The maximum Gasteiger partial charge on any atom is 0.417 e. The summed E-state index contributed by atoms with van der Waals surface area (Å²) in [7, 11) is 0. The van der Waals surface area contributed by atoms with E-state index in [-0.39, 0.29) is 5.92 Å². The summed E-state index contributed by atoms with van der Waals surface area (Å²) < 4.78 is 4.95. The van der Waals surface area contributed by atoms with Crippen LogP contribution in [0.15, 0.2) is 27.4 Å². The molecule has 1 aliphatic heterocycles. The Hall–Kier alpha value is -2.24. The van der Waals surface area contributed by atoms with Gasteiger partial charge in [-0.05, 0) is 31.0 Å². The molecule has 19 heavy (non-hydrogen) atoms. The SMILES string of the molecule is O=C(O)C1CCN(c2ccc3oc(=O)[nH]c3c2)CC1. The predicted molar refractivity (Wildman–Crippen MR) is 69.4 cm³/mol. The molecule has 0 bridgehead atoms. The lowest BCUT2D eigenvalue weighted by atomic mass is 9.97. The number of fused-ring (bicyclic) bond motifs is 1. The lowest BCUT2D eigenvalue weighted by Crippen LogP contribution is -2.36. The van der Waals surface area contributed by atoms with E-state index in [0.29, 0.717) is 37.0 Å². The van der Waals surface area contributed by atoms with Crippen LogP contribution in [0.1, 0.15) is 12.8 Å². The number of carboxylic acid groups (broad SMARTS) is 1. The largest absolute Gasteiger partial charge is 0.481 e. The van der Waals surface area contributed by atoms with Crippen molar-refractivity contribution < 1.29 is 14.3 Å². The highest BCUT2D eigenvalue weighted by atomic mass is 16.4. The Labute approximate surface area is 108 Å². The summed E-state index contributed by atoms with van der Waals surface area (Å²) in [6, 6.07) is 5.51. The average Bonchev–Trinajstić information content (AvgIpc) is 2.77. The molecule has 1 aromatic carbocycles. The minimum absolute atomic E-state index is 0.242. The van der Waals surface area contributed by atoms with Crippen molar-refractivity contribution in [2.24, 2.45) is 5.92 Å². The lowest BCUT2D eigenvalue weighted by molar-refractivity contribution is -0.142. The van der Waals surface area contributed by atoms with Crippen molar-refractivity contribution >= 4 is 22.8 Å². The predicted octanol–water partition coefficient (Wildman–Crippen LogP) is 1.42. The molecule has 0 spiro atoms. The van der Waals surface area contributed by atoms with E-state index < -0.39 is 11.7 Å². The molecule has 2 heterocycles. The maximum absolute atomic E-state index is 11.1. The number of anilines is 1. The van der Waals surface area contributed by atoms with Gasteiger partial charge in [-0.3, -0.25) is 9.78 Å². The highest BCUT2D eigenvalue weighted by molar-refractivity contribution is 5.77. The Morgan fingerprint density at radius 3 is 2.79 bits per heavy atom. The van der Waals surface area contributed by atoms with Crippen molar-refractivity contribution in [3.05, 3.63) is 28.7 Å². The average molecular weight is 262 g/mol. The number of nitrogens with zero attached hydrogens (tertiary/aromatic N) is 1. The smallest absolute Gasteiger partial charge is 0.417 e.